The number of amidine groups is 1. The first-order valence-corrected chi connectivity index (χ1v) is 12.5. The van der Waals surface area contributed by atoms with Crippen molar-refractivity contribution < 1.29 is 9.26 Å². The molecular formula is C24H25Cl2N3O2S. The van der Waals surface area contributed by atoms with Crippen LogP contribution in [0.15, 0.2) is 58.0 Å². The summed E-state index contributed by atoms with van der Waals surface area (Å²) < 4.78 is 11.7. The maximum Gasteiger partial charge on any atom is 0.157 e. The van der Waals surface area contributed by atoms with Crippen LogP contribution in [0.3, 0.4) is 0 Å². The van der Waals surface area contributed by atoms with E-state index in [-0.39, 0.29) is 6.04 Å². The maximum atomic E-state index is 6.54. The fourth-order valence-electron chi connectivity index (χ4n) is 3.47. The fraction of sp³-hybridized carbons (Fsp3) is 0.333. The molecule has 8 heteroatoms. The summed E-state index contributed by atoms with van der Waals surface area (Å²) in [6.45, 7) is 3.63. The van der Waals surface area contributed by atoms with Crippen molar-refractivity contribution in [1.82, 2.24) is 10.5 Å². The first-order valence-electron chi connectivity index (χ1n) is 10.7. The molecule has 5 nitrogen and oxygen atoms in total. The number of aliphatic imine (C=N–C) groups is 1. The van der Waals surface area contributed by atoms with E-state index in [9.17, 15) is 0 Å². The number of hydrogen-bond acceptors (Lipinski definition) is 6. The minimum absolute atomic E-state index is 0.151. The van der Waals surface area contributed by atoms with Crippen LogP contribution < -0.4 is 10.1 Å². The van der Waals surface area contributed by atoms with Gasteiger partial charge in [-0.05, 0) is 30.2 Å². The van der Waals surface area contributed by atoms with Crippen LogP contribution >= 0.6 is 35.0 Å². The maximum absolute atomic E-state index is 6.54. The highest BCUT2D eigenvalue weighted by atomic mass is 35.5. The molecule has 0 fully saturated rings. The van der Waals surface area contributed by atoms with Gasteiger partial charge in [-0.3, -0.25) is 4.99 Å². The van der Waals surface area contributed by atoms with Crippen molar-refractivity contribution in [1.29, 1.82) is 0 Å². The van der Waals surface area contributed by atoms with Crippen LogP contribution in [0, 0.1) is 0 Å². The average molecular weight is 490 g/mol. The second-order valence-corrected chi connectivity index (χ2v) is 9.32. The number of rotatable bonds is 9. The molecule has 1 N–H and O–H groups in total. The van der Waals surface area contributed by atoms with Gasteiger partial charge in [0.15, 0.2) is 5.17 Å². The Labute approximate surface area is 202 Å². The van der Waals surface area contributed by atoms with Gasteiger partial charge in [0.05, 0.1) is 29.2 Å². The molecule has 1 aromatic heterocycles. The van der Waals surface area contributed by atoms with Gasteiger partial charge in [0.2, 0.25) is 0 Å². The number of aromatic nitrogens is 1. The minimum atomic E-state index is -0.151. The molecule has 1 aliphatic rings. The molecule has 1 unspecified atom stereocenters. The summed E-state index contributed by atoms with van der Waals surface area (Å²) in [6.07, 6.45) is 2.64. The first kappa shape index (κ1) is 23.0. The lowest BCUT2D eigenvalue weighted by Gasteiger charge is -2.20. The van der Waals surface area contributed by atoms with Gasteiger partial charge in [0.25, 0.3) is 0 Å². The quantitative estimate of drug-likeness (QED) is 0.334. The Morgan fingerprint density at radius 1 is 1.19 bits per heavy atom. The van der Waals surface area contributed by atoms with Gasteiger partial charge in [0, 0.05) is 23.8 Å². The predicted molar refractivity (Wildman–Crippen MR) is 133 cm³/mol. The largest absolute Gasteiger partial charge is 0.493 e. The van der Waals surface area contributed by atoms with Crippen molar-refractivity contribution in [3.05, 3.63) is 69.9 Å². The highest BCUT2D eigenvalue weighted by Gasteiger charge is 2.22. The number of benzene rings is 2. The second kappa shape index (κ2) is 11.1. The van der Waals surface area contributed by atoms with Crippen molar-refractivity contribution in [3.63, 3.8) is 0 Å². The second-order valence-electron chi connectivity index (χ2n) is 7.46. The molecule has 0 radical (unpaired) electrons. The van der Waals surface area contributed by atoms with Crippen molar-refractivity contribution in [3.8, 4) is 17.0 Å². The molecule has 1 aliphatic heterocycles. The lowest BCUT2D eigenvalue weighted by Crippen LogP contribution is -2.27. The summed E-state index contributed by atoms with van der Waals surface area (Å²) in [5, 5.41) is 9.77. The molecule has 1 atom stereocenters. The van der Waals surface area contributed by atoms with E-state index < -0.39 is 0 Å². The van der Waals surface area contributed by atoms with Crippen LogP contribution in [0.5, 0.6) is 5.75 Å². The molecule has 32 heavy (non-hydrogen) atoms. The van der Waals surface area contributed by atoms with E-state index >= 15 is 0 Å². The lowest BCUT2D eigenvalue weighted by atomic mass is 10.0. The van der Waals surface area contributed by atoms with Crippen LogP contribution in [0.4, 0.5) is 0 Å². The van der Waals surface area contributed by atoms with Gasteiger partial charge in [-0.2, -0.15) is 0 Å². The number of thioether (sulfide) groups is 1. The summed E-state index contributed by atoms with van der Waals surface area (Å²) in [6, 6.07) is 15.4. The van der Waals surface area contributed by atoms with Crippen LogP contribution in [0.1, 0.15) is 37.1 Å². The van der Waals surface area contributed by atoms with Gasteiger partial charge in [-0.25, -0.2) is 0 Å². The standard InChI is InChI=1S/C24H25Cl2N3O2S/c1-2-3-12-30-22-10-5-4-7-17(22)21-15-16(31-29-21)14-20(28-24-27-11-13-32-24)18-8-6-9-19(25)23(18)26/h4-10,15,20H,2-3,11-14H2,1H3,(H,27,28). The third kappa shape index (κ3) is 5.61. The minimum Gasteiger partial charge on any atom is -0.493 e. The third-order valence-corrected chi connectivity index (χ3v) is 6.86. The Morgan fingerprint density at radius 2 is 2.06 bits per heavy atom. The van der Waals surface area contributed by atoms with E-state index in [0.717, 1.165) is 58.6 Å². The molecule has 2 aromatic carbocycles. The van der Waals surface area contributed by atoms with Gasteiger partial charge >= 0.3 is 0 Å². The normalized spacial score (nSPS) is 14.3. The molecule has 0 aliphatic carbocycles. The van der Waals surface area contributed by atoms with E-state index in [1.807, 2.05) is 42.5 Å². The van der Waals surface area contributed by atoms with Crippen molar-refractivity contribution in [2.24, 2.45) is 4.99 Å². The molecule has 0 amide bonds. The zero-order chi connectivity index (χ0) is 22.3. The molecule has 0 saturated heterocycles. The molecule has 0 saturated carbocycles. The Balaban J connectivity index is 1.57. The van der Waals surface area contributed by atoms with Gasteiger partial charge in [0.1, 0.15) is 17.2 Å². The summed E-state index contributed by atoms with van der Waals surface area (Å²) in [5.41, 5.74) is 2.56. The van der Waals surface area contributed by atoms with Crippen LogP contribution in [0.25, 0.3) is 11.3 Å². The van der Waals surface area contributed by atoms with Crippen LogP contribution in [-0.2, 0) is 6.42 Å². The molecule has 168 valence electrons. The predicted octanol–water partition coefficient (Wildman–Crippen LogP) is 6.80. The SMILES string of the molecule is CCCCOc1ccccc1-c1cc(CC(NC2=NCCS2)c2cccc(Cl)c2Cl)on1. The van der Waals surface area contributed by atoms with Crippen molar-refractivity contribution in [2.45, 2.75) is 32.2 Å². The number of unbranched alkanes of at least 4 members (excludes halogenated alkanes) is 1. The highest BCUT2D eigenvalue weighted by molar-refractivity contribution is 8.14. The van der Waals surface area contributed by atoms with Gasteiger partial charge < -0.3 is 14.6 Å². The number of para-hydroxylation sites is 1. The Morgan fingerprint density at radius 3 is 2.88 bits per heavy atom. The fourth-order valence-corrected chi connectivity index (χ4v) is 4.69. The molecule has 4 rings (SSSR count). The first-order chi connectivity index (χ1) is 15.7. The lowest BCUT2D eigenvalue weighted by molar-refractivity contribution is 0.310. The number of ether oxygens (including phenoxy) is 1. The zero-order valence-corrected chi connectivity index (χ0v) is 20.1. The molecule has 0 bridgehead atoms. The molecule has 2 heterocycles. The third-order valence-electron chi connectivity index (χ3n) is 5.12. The van der Waals surface area contributed by atoms with Crippen molar-refractivity contribution >= 4 is 40.1 Å². The van der Waals surface area contributed by atoms with E-state index in [2.05, 4.69) is 22.4 Å². The zero-order valence-electron chi connectivity index (χ0n) is 17.8. The summed E-state index contributed by atoms with van der Waals surface area (Å²) >= 11 is 14.5. The number of hydrogen-bond donors (Lipinski definition) is 1. The van der Waals surface area contributed by atoms with E-state index in [4.69, 9.17) is 32.5 Å². The van der Waals surface area contributed by atoms with Gasteiger partial charge in [-0.1, -0.05) is 77.7 Å². The van der Waals surface area contributed by atoms with Crippen LogP contribution in [0.2, 0.25) is 10.0 Å². The van der Waals surface area contributed by atoms with E-state index in [1.165, 1.54) is 0 Å². The Kier molecular flexibility index (Phi) is 8.00. The number of nitrogens with one attached hydrogen (secondary N) is 1. The van der Waals surface area contributed by atoms with E-state index in [1.54, 1.807) is 17.8 Å². The molecular weight excluding hydrogens is 465 g/mol. The topological polar surface area (TPSA) is 59.6 Å². The average Bonchev–Trinajstić information content (AvgIpc) is 3.48. The van der Waals surface area contributed by atoms with E-state index in [0.29, 0.717) is 23.1 Å². The van der Waals surface area contributed by atoms with Crippen molar-refractivity contribution in [2.75, 3.05) is 18.9 Å². The van der Waals surface area contributed by atoms with Crippen LogP contribution in [-0.4, -0.2) is 29.2 Å². The van der Waals surface area contributed by atoms with Gasteiger partial charge in [-0.15, -0.1) is 0 Å². The summed E-state index contributed by atoms with van der Waals surface area (Å²) in [4.78, 5) is 4.52. The number of halogens is 2. The summed E-state index contributed by atoms with van der Waals surface area (Å²) in [5.74, 6) is 2.52. The Hall–Kier alpha value is -2.15. The highest BCUT2D eigenvalue weighted by Crippen LogP contribution is 2.34. The summed E-state index contributed by atoms with van der Waals surface area (Å²) in [7, 11) is 0. The smallest absolute Gasteiger partial charge is 0.157 e. The number of nitrogens with zero attached hydrogens (tertiary/aromatic N) is 2. The molecule has 3 aromatic rings. The molecule has 0 spiro atoms. The Bertz CT molecular complexity index is 1090. The monoisotopic (exact) mass is 489 g/mol.